The molecule has 15 nitrogen and oxygen atoms in total. The van der Waals surface area contributed by atoms with Crippen LogP contribution in [0.4, 0.5) is 28.4 Å². The quantitative estimate of drug-likeness (QED) is 0.0726. The summed E-state index contributed by atoms with van der Waals surface area (Å²) in [7, 11) is -6.22. The summed E-state index contributed by atoms with van der Waals surface area (Å²) >= 11 is 0. The van der Waals surface area contributed by atoms with Gasteiger partial charge in [0.15, 0.2) is 0 Å². The van der Waals surface area contributed by atoms with Crippen LogP contribution in [-0.4, -0.2) is 41.7 Å². The summed E-state index contributed by atoms with van der Waals surface area (Å²) in [5.74, 6) is -0.415. The van der Waals surface area contributed by atoms with Crippen LogP contribution < -0.4 is 70.3 Å². The van der Waals surface area contributed by atoms with E-state index in [0.29, 0.717) is 11.3 Å². The van der Waals surface area contributed by atoms with Crippen LogP contribution in [0.5, 0.6) is 0 Å². The fraction of sp³-hybridized carbons (Fsp3) is 0. The number of nitrogens with one attached hydrogen (secondary N) is 1. The molecule has 0 aromatic heterocycles. The average molecular weight is 617 g/mol. The molecule has 0 bridgehead atoms. The number of nitro benzene ring substituents is 1. The Labute approximate surface area is 279 Å². The van der Waals surface area contributed by atoms with Crippen LogP contribution in [0.1, 0.15) is 15.9 Å². The molecule has 0 unspecified atom stereocenters. The maximum absolute atomic E-state index is 12.9. The molecular weight excluding hydrogens is 602 g/mol. The molecule has 41 heavy (non-hydrogen) atoms. The first-order valence-corrected chi connectivity index (χ1v) is 12.1. The van der Waals surface area contributed by atoms with E-state index in [1.54, 1.807) is 6.08 Å². The zero-order chi connectivity index (χ0) is 28.9. The van der Waals surface area contributed by atoms with Gasteiger partial charge in [0, 0.05) is 17.8 Å². The number of hydrogen-bond donors (Lipinski definition) is 2. The number of azo groups is 1. The van der Waals surface area contributed by atoms with Crippen molar-refractivity contribution < 1.29 is 94.1 Å². The number of allylic oxidation sites excluding steroid dienone is 1. The summed E-state index contributed by atoms with van der Waals surface area (Å²) in [4.78, 5) is 23.1. The number of hydrazone groups is 1. The molecule has 0 amide bonds. The van der Waals surface area contributed by atoms with E-state index in [4.69, 9.17) is 31.0 Å². The van der Waals surface area contributed by atoms with Crippen LogP contribution in [0, 0.1) is 22.3 Å². The molecule has 0 saturated carbocycles. The molecule has 0 fully saturated rings. The second kappa shape index (κ2) is 18.8. The first-order chi connectivity index (χ1) is 18.5. The van der Waals surface area contributed by atoms with E-state index >= 15 is 0 Å². The van der Waals surface area contributed by atoms with Crippen LogP contribution in [0.15, 0.2) is 76.0 Å². The van der Waals surface area contributed by atoms with E-state index in [-0.39, 0.29) is 87.5 Å². The number of carbonyl (C=O) groups excluding carboxylic acids is 1. The van der Waals surface area contributed by atoms with Crippen LogP contribution in [0.3, 0.4) is 0 Å². The minimum absolute atomic E-state index is 0. The molecule has 3 N–H and O–H groups in total. The fourth-order valence-corrected chi connectivity index (χ4v) is 2.80. The van der Waals surface area contributed by atoms with Crippen molar-refractivity contribution in [2.24, 2.45) is 15.3 Å². The molecule has 19 heteroatoms. The van der Waals surface area contributed by atoms with E-state index in [9.17, 15) is 14.9 Å². The van der Waals surface area contributed by atoms with Gasteiger partial charge in [0.2, 0.25) is 0 Å². The number of anilines is 2. The van der Waals surface area contributed by atoms with Crippen LogP contribution >= 0.6 is 0 Å². The number of para-hydroxylation sites is 1. The molecule has 0 spiro atoms. The second-order valence-corrected chi connectivity index (χ2v) is 7.63. The Morgan fingerprint density at radius 1 is 0.878 bits per heavy atom. The van der Waals surface area contributed by atoms with Crippen LogP contribution in [0.2, 0.25) is 0 Å². The molecule has 0 aliphatic heterocycles. The smallest absolute Gasteiger partial charge is 0.413 e. The minimum atomic E-state index is -3.11. The van der Waals surface area contributed by atoms with Gasteiger partial charge in [-0.05, 0) is 35.7 Å². The molecule has 4 rings (SSSR count). The van der Waals surface area contributed by atoms with Gasteiger partial charge < -0.3 is 10.5 Å². The molecule has 0 saturated heterocycles. The maximum Gasteiger partial charge on any atom is 1.00 e. The predicted octanol–water partition coefficient (Wildman–Crippen LogP) is -3.13. The van der Waals surface area contributed by atoms with Gasteiger partial charge in [-0.1, -0.05) is 18.2 Å². The third-order valence-electron chi connectivity index (χ3n) is 4.38. The number of ketones is 1. The fourth-order valence-electron chi connectivity index (χ4n) is 2.80. The number of Topliss-reactive ketones (excluding diaryl/α,β-unsaturated/α-hetero) is 1. The summed E-state index contributed by atoms with van der Waals surface area (Å²) in [6.45, 7) is 0. The van der Waals surface area contributed by atoms with Gasteiger partial charge in [0.1, 0.15) is 0 Å². The first kappa shape index (κ1) is 37.6. The first-order valence-electron chi connectivity index (χ1n) is 10.1. The number of nitrogens with zero attached hydrogens (tertiary/aromatic N) is 4. The zero-order valence-electron chi connectivity index (χ0n) is 21.2. The van der Waals surface area contributed by atoms with Crippen molar-refractivity contribution in [2.75, 3.05) is 11.2 Å². The molecule has 3 aromatic carbocycles. The standard InChI is InChI=1S/C22H14N6O3.2Na.2O3S/c23-21-18(26-25-16-8-10-17(11-9-16)28(30)31)12-6-14-7-13-19(22(29)20(14)21)27-24-15-4-2-1-3-5-15;;;2*1-4(2)3/h1-5,7-12,24H,23H2;;;;/q-2;2*+1;;. The van der Waals surface area contributed by atoms with E-state index in [2.05, 4.69) is 32.9 Å². The Kier molecular flexibility index (Phi) is 17.3. The Hall–Kier alpha value is -3.42. The zero-order valence-corrected chi connectivity index (χ0v) is 26.8. The van der Waals surface area contributed by atoms with E-state index < -0.39 is 31.9 Å². The Morgan fingerprint density at radius 3 is 1.98 bits per heavy atom. The summed E-state index contributed by atoms with van der Waals surface area (Å²) in [5.41, 5.74) is 11.2. The number of rotatable bonds is 5. The molecule has 1 aliphatic rings. The van der Waals surface area contributed by atoms with Gasteiger partial charge in [-0.15, -0.1) is 36.9 Å². The third-order valence-corrected chi connectivity index (χ3v) is 4.38. The Morgan fingerprint density at radius 2 is 1.44 bits per heavy atom. The normalized spacial score (nSPS) is 11.8. The number of nitrogens with two attached hydrogens (primary N) is 1. The van der Waals surface area contributed by atoms with Crippen molar-refractivity contribution in [3.8, 4) is 0 Å². The minimum Gasteiger partial charge on any atom is -0.413 e. The molecule has 3 aromatic rings. The summed E-state index contributed by atoms with van der Waals surface area (Å²) < 4.78 is 50.7. The third kappa shape index (κ3) is 12.7. The van der Waals surface area contributed by atoms with Crippen LogP contribution in [-0.2, 0) is 21.2 Å². The van der Waals surface area contributed by atoms with Gasteiger partial charge in [-0.3, -0.25) is 15.5 Å². The Bertz CT molecular complexity index is 1660. The van der Waals surface area contributed by atoms with Crippen LogP contribution in [0.25, 0.3) is 6.08 Å². The molecular formula is C22H14N6Na2O9S2. The second-order valence-electron chi connectivity index (χ2n) is 6.81. The summed E-state index contributed by atoms with van der Waals surface area (Å²) in [6, 6.07) is 19.2. The monoisotopic (exact) mass is 616 g/mol. The SMILES string of the molecule is Nc1c(N=Nc2ccc([N+](=O)[O-])cc2)c[c-]c2c1C(=O)C(=NNc1ccccc1)[C-]=C2.O=S(=O)=O.O=S(=O)=O.[Na+].[Na+]. The topological polar surface area (TPSA) is 238 Å². The molecule has 1 aliphatic carbocycles. The number of hydrogen-bond acceptors (Lipinski definition) is 14. The largest absolute Gasteiger partial charge is 1.00 e. The van der Waals surface area contributed by atoms with Crippen molar-refractivity contribution in [3.05, 3.63) is 94.0 Å². The number of nitro groups is 1. The molecule has 0 radical (unpaired) electrons. The number of fused-ring (bicyclic) bond motifs is 1. The number of nitrogen functional groups attached to an aromatic ring is 1. The van der Waals surface area contributed by atoms with Crippen molar-refractivity contribution in [1.29, 1.82) is 0 Å². The summed E-state index contributed by atoms with van der Waals surface area (Å²) in [6.07, 6.45) is 4.41. The summed E-state index contributed by atoms with van der Waals surface area (Å²) in [5, 5.41) is 22.9. The van der Waals surface area contributed by atoms with E-state index in [1.807, 2.05) is 30.3 Å². The van der Waals surface area contributed by atoms with Crippen molar-refractivity contribution in [3.63, 3.8) is 0 Å². The van der Waals surface area contributed by atoms with Gasteiger partial charge in [-0.2, -0.15) is 10.2 Å². The molecule has 0 heterocycles. The Balaban J connectivity index is 0.00000142. The van der Waals surface area contributed by atoms with E-state index in [0.717, 1.165) is 5.69 Å². The van der Waals surface area contributed by atoms with Gasteiger partial charge in [0.05, 0.1) is 22.1 Å². The number of non-ortho nitro benzene ring substituents is 1. The predicted molar refractivity (Wildman–Crippen MR) is 136 cm³/mol. The molecule has 200 valence electrons. The van der Waals surface area contributed by atoms with Gasteiger partial charge in [0.25, 0.3) is 5.69 Å². The average Bonchev–Trinajstić information content (AvgIpc) is 2.88. The number of carbonyl (C=O) groups is 1. The van der Waals surface area contributed by atoms with Gasteiger partial charge >= 0.3 is 80.3 Å². The van der Waals surface area contributed by atoms with Gasteiger partial charge in [-0.25, -0.2) is 28.9 Å². The number of benzene rings is 3. The van der Waals surface area contributed by atoms with E-state index in [1.165, 1.54) is 30.3 Å². The maximum atomic E-state index is 12.9. The molecule has 0 atom stereocenters. The van der Waals surface area contributed by atoms with Crippen molar-refractivity contribution in [2.45, 2.75) is 0 Å². The van der Waals surface area contributed by atoms with Crippen molar-refractivity contribution in [1.82, 2.24) is 0 Å². The van der Waals surface area contributed by atoms with Crippen molar-refractivity contribution >= 4 is 67.2 Å².